The van der Waals surface area contributed by atoms with Crippen LogP contribution in [0.5, 0.6) is 0 Å². The van der Waals surface area contributed by atoms with E-state index in [0.717, 1.165) is 32.4 Å². The van der Waals surface area contributed by atoms with Gasteiger partial charge in [-0.15, -0.1) is 0 Å². The normalized spacial score (nSPS) is 22.8. The highest BCUT2D eigenvalue weighted by Crippen LogP contribution is 2.38. The Labute approximate surface area is 135 Å². The van der Waals surface area contributed by atoms with E-state index in [1.807, 2.05) is 0 Å². The third-order valence-electron chi connectivity index (χ3n) is 4.59. The fourth-order valence-corrected chi connectivity index (χ4v) is 5.42. The first-order chi connectivity index (χ1) is 9.91. The zero-order valence-electron chi connectivity index (χ0n) is 11.6. The van der Waals surface area contributed by atoms with Crippen LogP contribution < -0.4 is 5.32 Å². The van der Waals surface area contributed by atoms with Crippen molar-refractivity contribution >= 4 is 33.2 Å². The standard InChI is InChI=1S/C14H18Cl2N2O2S/c15-11-7-12(16)9-13(8-11)21(19,20)18-5-2-14(3-6-18)1-4-17-10-14/h7-9,17H,1-6,10H2. The lowest BCUT2D eigenvalue weighted by atomic mass is 9.78. The lowest BCUT2D eigenvalue weighted by molar-refractivity contribution is 0.175. The first-order valence-electron chi connectivity index (χ1n) is 7.08. The van der Waals surface area contributed by atoms with E-state index in [1.165, 1.54) is 18.2 Å². The Morgan fingerprint density at radius 2 is 1.67 bits per heavy atom. The summed E-state index contributed by atoms with van der Waals surface area (Å²) in [6.07, 6.45) is 2.96. The molecule has 2 fully saturated rings. The molecule has 21 heavy (non-hydrogen) atoms. The summed E-state index contributed by atoms with van der Waals surface area (Å²) in [6.45, 7) is 3.17. The van der Waals surface area contributed by atoms with Crippen molar-refractivity contribution in [2.75, 3.05) is 26.2 Å². The van der Waals surface area contributed by atoms with Crippen LogP contribution in [-0.4, -0.2) is 38.9 Å². The quantitative estimate of drug-likeness (QED) is 0.893. The molecule has 2 saturated heterocycles. The van der Waals surface area contributed by atoms with Gasteiger partial charge < -0.3 is 5.32 Å². The highest BCUT2D eigenvalue weighted by Gasteiger charge is 2.40. The van der Waals surface area contributed by atoms with Crippen molar-refractivity contribution in [3.05, 3.63) is 28.2 Å². The number of sulfonamides is 1. The molecule has 1 spiro atoms. The molecule has 2 aliphatic rings. The van der Waals surface area contributed by atoms with Crippen molar-refractivity contribution in [2.24, 2.45) is 5.41 Å². The van der Waals surface area contributed by atoms with E-state index in [0.29, 0.717) is 23.1 Å². The van der Waals surface area contributed by atoms with E-state index in [-0.39, 0.29) is 10.3 Å². The highest BCUT2D eigenvalue weighted by atomic mass is 35.5. The van der Waals surface area contributed by atoms with Gasteiger partial charge in [-0.25, -0.2) is 8.42 Å². The molecule has 116 valence electrons. The molecule has 2 aliphatic heterocycles. The highest BCUT2D eigenvalue weighted by molar-refractivity contribution is 7.89. The maximum absolute atomic E-state index is 12.7. The smallest absolute Gasteiger partial charge is 0.243 e. The minimum atomic E-state index is -3.51. The van der Waals surface area contributed by atoms with Crippen molar-refractivity contribution in [1.29, 1.82) is 0 Å². The summed E-state index contributed by atoms with van der Waals surface area (Å²) in [5, 5.41) is 4.06. The second-order valence-electron chi connectivity index (χ2n) is 5.94. The minimum Gasteiger partial charge on any atom is -0.316 e. The Morgan fingerprint density at radius 3 is 2.19 bits per heavy atom. The van der Waals surface area contributed by atoms with Gasteiger partial charge >= 0.3 is 0 Å². The molecule has 0 aromatic heterocycles. The maximum atomic E-state index is 12.7. The Kier molecular flexibility index (Phi) is 4.23. The number of piperidine rings is 1. The zero-order valence-corrected chi connectivity index (χ0v) is 13.9. The third kappa shape index (κ3) is 3.08. The fourth-order valence-electron chi connectivity index (χ4n) is 3.25. The minimum absolute atomic E-state index is 0.181. The van der Waals surface area contributed by atoms with Gasteiger partial charge in [-0.2, -0.15) is 4.31 Å². The number of halogens is 2. The lowest BCUT2D eigenvalue weighted by Gasteiger charge is -2.38. The van der Waals surface area contributed by atoms with Crippen molar-refractivity contribution < 1.29 is 8.42 Å². The second kappa shape index (κ2) is 5.70. The molecule has 3 rings (SSSR count). The van der Waals surface area contributed by atoms with E-state index in [1.54, 1.807) is 4.31 Å². The van der Waals surface area contributed by atoms with Crippen LogP contribution in [0.25, 0.3) is 0 Å². The summed E-state index contributed by atoms with van der Waals surface area (Å²) < 4.78 is 26.9. The summed E-state index contributed by atoms with van der Waals surface area (Å²) >= 11 is 11.8. The van der Waals surface area contributed by atoms with Gasteiger partial charge in [0.25, 0.3) is 0 Å². The fraction of sp³-hybridized carbons (Fsp3) is 0.571. The SMILES string of the molecule is O=S(=O)(c1cc(Cl)cc(Cl)c1)N1CCC2(CCNC2)CC1. The molecule has 1 aromatic rings. The van der Waals surface area contributed by atoms with Gasteiger partial charge in [-0.3, -0.25) is 0 Å². The van der Waals surface area contributed by atoms with Crippen LogP contribution >= 0.6 is 23.2 Å². The first-order valence-corrected chi connectivity index (χ1v) is 9.28. The Bertz CT molecular complexity index is 612. The predicted octanol–water partition coefficient (Wildman–Crippen LogP) is 2.76. The van der Waals surface area contributed by atoms with E-state index < -0.39 is 10.0 Å². The van der Waals surface area contributed by atoms with E-state index in [9.17, 15) is 8.42 Å². The summed E-state index contributed by atoms with van der Waals surface area (Å²) in [7, 11) is -3.51. The van der Waals surface area contributed by atoms with Crippen LogP contribution in [0.3, 0.4) is 0 Å². The molecular formula is C14H18Cl2N2O2S. The largest absolute Gasteiger partial charge is 0.316 e. The van der Waals surface area contributed by atoms with E-state index in [2.05, 4.69) is 5.32 Å². The van der Waals surface area contributed by atoms with Crippen LogP contribution in [0.4, 0.5) is 0 Å². The number of rotatable bonds is 2. The molecule has 0 amide bonds. The molecule has 0 bridgehead atoms. The van der Waals surface area contributed by atoms with Gasteiger partial charge in [0.1, 0.15) is 0 Å². The summed E-state index contributed by atoms with van der Waals surface area (Å²) in [5.41, 5.74) is 0.290. The van der Waals surface area contributed by atoms with Crippen LogP contribution in [0.2, 0.25) is 10.0 Å². The van der Waals surface area contributed by atoms with Gasteiger partial charge in [0, 0.05) is 29.7 Å². The second-order valence-corrected chi connectivity index (χ2v) is 8.75. The van der Waals surface area contributed by atoms with E-state index in [4.69, 9.17) is 23.2 Å². The van der Waals surface area contributed by atoms with Crippen molar-refractivity contribution in [2.45, 2.75) is 24.2 Å². The predicted molar refractivity (Wildman–Crippen MR) is 84.4 cm³/mol. The molecular weight excluding hydrogens is 331 g/mol. The van der Waals surface area contributed by atoms with Crippen molar-refractivity contribution in [3.8, 4) is 0 Å². The molecule has 1 aromatic carbocycles. The number of nitrogens with zero attached hydrogens (tertiary/aromatic N) is 1. The average molecular weight is 349 g/mol. The third-order valence-corrected chi connectivity index (χ3v) is 6.90. The van der Waals surface area contributed by atoms with Gasteiger partial charge in [0.05, 0.1) is 4.90 Å². The Hall–Kier alpha value is -0.330. The van der Waals surface area contributed by atoms with Gasteiger partial charge in [-0.1, -0.05) is 23.2 Å². The van der Waals surface area contributed by atoms with Gasteiger partial charge in [-0.05, 0) is 49.4 Å². The number of nitrogens with one attached hydrogen (secondary N) is 1. The first kappa shape index (κ1) is 15.6. The summed E-state index contributed by atoms with van der Waals surface area (Å²) in [5.74, 6) is 0. The molecule has 2 heterocycles. The summed E-state index contributed by atoms with van der Waals surface area (Å²) in [4.78, 5) is 0.181. The molecule has 4 nitrogen and oxygen atoms in total. The van der Waals surface area contributed by atoms with Crippen LogP contribution in [0.15, 0.2) is 23.1 Å². The molecule has 7 heteroatoms. The molecule has 0 saturated carbocycles. The molecule has 1 N–H and O–H groups in total. The molecule has 0 radical (unpaired) electrons. The molecule has 0 unspecified atom stereocenters. The van der Waals surface area contributed by atoms with Crippen LogP contribution in [-0.2, 0) is 10.0 Å². The van der Waals surface area contributed by atoms with Crippen molar-refractivity contribution in [3.63, 3.8) is 0 Å². The number of hydrogen-bond donors (Lipinski definition) is 1. The van der Waals surface area contributed by atoms with E-state index >= 15 is 0 Å². The zero-order chi connectivity index (χ0) is 15.1. The topological polar surface area (TPSA) is 49.4 Å². The molecule has 0 atom stereocenters. The Morgan fingerprint density at radius 1 is 1.05 bits per heavy atom. The van der Waals surface area contributed by atoms with Gasteiger partial charge in [0.2, 0.25) is 10.0 Å². The molecule has 0 aliphatic carbocycles. The van der Waals surface area contributed by atoms with Crippen LogP contribution in [0.1, 0.15) is 19.3 Å². The van der Waals surface area contributed by atoms with Crippen molar-refractivity contribution in [1.82, 2.24) is 9.62 Å². The number of benzene rings is 1. The summed E-state index contributed by atoms with van der Waals surface area (Å²) in [6, 6.07) is 4.46. The lowest BCUT2D eigenvalue weighted by Crippen LogP contribution is -2.43. The van der Waals surface area contributed by atoms with Gasteiger partial charge in [0.15, 0.2) is 0 Å². The Balaban J connectivity index is 1.80. The monoisotopic (exact) mass is 348 g/mol. The average Bonchev–Trinajstić information content (AvgIpc) is 2.86. The maximum Gasteiger partial charge on any atom is 0.243 e. The number of hydrogen-bond acceptors (Lipinski definition) is 3. The van der Waals surface area contributed by atoms with Crippen LogP contribution in [0, 0.1) is 5.41 Å².